The third kappa shape index (κ3) is 3.19. The Morgan fingerprint density at radius 1 is 1.00 bits per heavy atom. The molecule has 0 aromatic heterocycles. The highest BCUT2D eigenvalue weighted by molar-refractivity contribution is 4.80. The lowest BCUT2D eigenvalue weighted by atomic mass is 9.96. The molecule has 2 aliphatic heterocycles. The number of likely N-dealkylation sites (N-methyl/N-ethyl adjacent to an activating group) is 1. The SMILES string of the molecule is CC1CN(CC2CCN(C)CC2)CCN1C. The van der Waals surface area contributed by atoms with Crippen LogP contribution in [0.25, 0.3) is 0 Å². The van der Waals surface area contributed by atoms with Crippen LogP contribution in [0.2, 0.25) is 0 Å². The Labute approximate surface area is 100 Å². The van der Waals surface area contributed by atoms with E-state index in [0.29, 0.717) is 0 Å². The Kier molecular flexibility index (Phi) is 4.22. The van der Waals surface area contributed by atoms with Gasteiger partial charge in [-0.3, -0.25) is 0 Å². The topological polar surface area (TPSA) is 9.72 Å². The van der Waals surface area contributed by atoms with Crippen LogP contribution in [0.3, 0.4) is 0 Å². The molecule has 0 aromatic rings. The van der Waals surface area contributed by atoms with Gasteiger partial charge >= 0.3 is 0 Å². The minimum atomic E-state index is 0.736. The minimum Gasteiger partial charge on any atom is -0.306 e. The van der Waals surface area contributed by atoms with Gasteiger partial charge in [-0.05, 0) is 52.9 Å². The van der Waals surface area contributed by atoms with Crippen LogP contribution in [0, 0.1) is 5.92 Å². The number of hydrogen-bond donors (Lipinski definition) is 0. The molecule has 2 fully saturated rings. The summed E-state index contributed by atoms with van der Waals surface area (Å²) < 4.78 is 0. The van der Waals surface area contributed by atoms with Crippen molar-refractivity contribution < 1.29 is 0 Å². The third-order valence-corrected chi connectivity index (χ3v) is 4.40. The van der Waals surface area contributed by atoms with Gasteiger partial charge in [0.1, 0.15) is 0 Å². The summed E-state index contributed by atoms with van der Waals surface area (Å²) in [6, 6.07) is 0.736. The molecule has 1 unspecified atom stereocenters. The molecule has 0 bridgehead atoms. The fraction of sp³-hybridized carbons (Fsp3) is 1.00. The molecule has 0 aromatic carbocycles. The van der Waals surface area contributed by atoms with E-state index < -0.39 is 0 Å². The van der Waals surface area contributed by atoms with Gasteiger partial charge < -0.3 is 14.7 Å². The quantitative estimate of drug-likeness (QED) is 0.693. The minimum absolute atomic E-state index is 0.736. The zero-order valence-electron chi connectivity index (χ0n) is 11.2. The van der Waals surface area contributed by atoms with Crippen molar-refractivity contribution in [2.45, 2.75) is 25.8 Å². The summed E-state index contributed by atoms with van der Waals surface area (Å²) in [5.74, 6) is 0.951. The van der Waals surface area contributed by atoms with Crippen LogP contribution in [-0.2, 0) is 0 Å². The van der Waals surface area contributed by atoms with E-state index in [4.69, 9.17) is 0 Å². The van der Waals surface area contributed by atoms with E-state index in [9.17, 15) is 0 Å². The maximum atomic E-state index is 2.68. The van der Waals surface area contributed by atoms with Crippen molar-refractivity contribution in [1.29, 1.82) is 0 Å². The molecular formula is C13H27N3. The van der Waals surface area contributed by atoms with E-state index >= 15 is 0 Å². The predicted molar refractivity (Wildman–Crippen MR) is 68.8 cm³/mol. The molecule has 3 heteroatoms. The number of piperidine rings is 1. The molecule has 94 valence electrons. The summed E-state index contributed by atoms with van der Waals surface area (Å²) in [6.07, 6.45) is 2.80. The Morgan fingerprint density at radius 3 is 2.31 bits per heavy atom. The van der Waals surface area contributed by atoms with Gasteiger partial charge in [0, 0.05) is 32.2 Å². The molecule has 16 heavy (non-hydrogen) atoms. The average molecular weight is 225 g/mol. The van der Waals surface area contributed by atoms with E-state index in [-0.39, 0.29) is 0 Å². The molecule has 0 amide bonds. The van der Waals surface area contributed by atoms with Crippen molar-refractivity contribution in [3.8, 4) is 0 Å². The van der Waals surface area contributed by atoms with Crippen molar-refractivity contribution in [1.82, 2.24) is 14.7 Å². The molecule has 2 aliphatic rings. The molecule has 0 N–H and O–H groups in total. The number of rotatable bonds is 2. The monoisotopic (exact) mass is 225 g/mol. The highest BCUT2D eigenvalue weighted by Crippen LogP contribution is 2.18. The van der Waals surface area contributed by atoms with E-state index in [1.807, 2.05) is 0 Å². The van der Waals surface area contributed by atoms with Crippen molar-refractivity contribution >= 4 is 0 Å². The van der Waals surface area contributed by atoms with Crippen molar-refractivity contribution in [3.63, 3.8) is 0 Å². The predicted octanol–water partition coefficient (Wildman–Crippen LogP) is 0.964. The fourth-order valence-corrected chi connectivity index (χ4v) is 2.90. The lowest BCUT2D eigenvalue weighted by Crippen LogP contribution is -2.51. The van der Waals surface area contributed by atoms with E-state index in [1.165, 1.54) is 52.1 Å². The van der Waals surface area contributed by atoms with Crippen LogP contribution in [0.4, 0.5) is 0 Å². The molecule has 1 atom stereocenters. The summed E-state index contributed by atoms with van der Waals surface area (Å²) in [6.45, 7) is 10.1. The molecule has 2 heterocycles. The standard InChI is InChI=1S/C13H27N3/c1-12-10-16(9-8-15(12)3)11-13-4-6-14(2)7-5-13/h12-13H,4-11H2,1-3H3. The van der Waals surface area contributed by atoms with Gasteiger partial charge in [0.15, 0.2) is 0 Å². The smallest absolute Gasteiger partial charge is 0.0192 e. The second kappa shape index (κ2) is 5.48. The molecule has 0 saturated carbocycles. The molecule has 2 saturated heterocycles. The van der Waals surface area contributed by atoms with Gasteiger partial charge in [-0.25, -0.2) is 0 Å². The van der Waals surface area contributed by atoms with Gasteiger partial charge in [-0.1, -0.05) is 0 Å². The van der Waals surface area contributed by atoms with E-state index in [0.717, 1.165) is 12.0 Å². The highest BCUT2D eigenvalue weighted by atomic mass is 15.3. The molecular weight excluding hydrogens is 198 g/mol. The third-order valence-electron chi connectivity index (χ3n) is 4.40. The maximum Gasteiger partial charge on any atom is 0.0192 e. The highest BCUT2D eigenvalue weighted by Gasteiger charge is 2.24. The molecule has 0 spiro atoms. The van der Waals surface area contributed by atoms with E-state index in [2.05, 4.69) is 35.7 Å². The Hall–Kier alpha value is -0.120. The van der Waals surface area contributed by atoms with Crippen molar-refractivity contribution in [2.75, 3.05) is 53.4 Å². The van der Waals surface area contributed by atoms with Gasteiger partial charge in [0.25, 0.3) is 0 Å². The first-order valence-corrected chi connectivity index (χ1v) is 6.76. The summed E-state index contributed by atoms with van der Waals surface area (Å²) in [7, 11) is 4.49. The summed E-state index contributed by atoms with van der Waals surface area (Å²) in [5.41, 5.74) is 0. The first-order chi connectivity index (χ1) is 7.65. The molecule has 3 nitrogen and oxygen atoms in total. The number of hydrogen-bond acceptors (Lipinski definition) is 3. The van der Waals surface area contributed by atoms with Crippen molar-refractivity contribution in [3.05, 3.63) is 0 Å². The lowest BCUT2D eigenvalue weighted by molar-refractivity contribution is 0.0793. The molecule has 2 rings (SSSR count). The average Bonchev–Trinajstić information content (AvgIpc) is 2.27. The maximum absolute atomic E-state index is 2.68. The number of nitrogens with zero attached hydrogens (tertiary/aromatic N) is 3. The first-order valence-electron chi connectivity index (χ1n) is 6.76. The van der Waals surface area contributed by atoms with Gasteiger partial charge in [0.05, 0.1) is 0 Å². The number of likely N-dealkylation sites (tertiary alicyclic amines) is 1. The van der Waals surface area contributed by atoms with Crippen LogP contribution in [0.15, 0.2) is 0 Å². The second-order valence-corrected chi connectivity index (χ2v) is 5.84. The normalized spacial score (nSPS) is 32.1. The Bertz CT molecular complexity index is 211. The Morgan fingerprint density at radius 2 is 1.69 bits per heavy atom. The van der Waals surface area contributed by atoms with Gasteiger partial charge in [0.2, 0.25) is 0 Å². The fourth-order valence-electron chi connectivity index (χ4n) is 2.90. The largest absolute Gasteiger partial charge is 0.306 e. The van der Waals surface area contributed by atoms with Crippen LogP contribution in [0.1, 0.15) is 19.8 Å². The van der Waals surface area contributed by atoms with Crippen LogP contribution >= 0.6 is 0 Å². The molecule has 0 aliphatic carbocycles. The van der Waals surface area contributed by atoms with Gasteiger partial charge in [-0.15, -0.1) is 0 Å². The molecule has 0 radical (unpaired) electrons. The zero-order valence-corrected chi connectivity index (χ0v) is 11.2. The van der Waals surface area contributed by atoms with E-state index in [1.54, 1.807) is 0 Å². The van der Waals surface area contributed by atoms with Gasteiger partial charge in [-0.2, -0.15) is 0 Å². The summed E-state index contributed by atoms with van der Waals surface area (Å²) >= 11 is 0. The summed E-state index contributed by atoms with van der Waals surface area (Å²) in [4.78, 5) is 7.62. The van der Waals surface area contributed by atoms with Crippen LogP contribution < -0.4 is 0 Å². The lowest BCUT2D eigenvalue weighted by Gasteiger charge is -2.40. The van der Waals surface area contributed by atoms with Crippen molar-refractivity contribution in [2.24, 2.45) is 5.92 Å². The van der Waals surface area contributed by atoms with Crippen LogP contribution in [-0.4, -0.2) is 74.1 Å². The zero-order chi connectivity index (χ0) is 11.5. The number of piperazine rings is 1. The second-order valence-electron chi connectivity index (χ2n) is 5.84. The Balaban J connectivity index is 1.73. The summed E-state index contributed by atoms with van der Waals surface area (Å²) in [5, 5.41) is 0. The first kappa shape index (κ1) is 12.3. The van der Waals surface area contributed by atoms with Crippen LogP contribution in [0.5, 0.6) is 0 Å².